The van der Waals surface area contributed by atoms with Crippen LogP contribution in [-0.2, 0) is 11.2 Å². The van der Waals surface area contributed by atoms with Crippen LogP contribution in [0.15, 0.2) is 27.4 Å². The van der Waals surface area contributed by atoms with Gasteiger partial charge in [0.2, 0.25) is 5.91 Å². The van der Waals surface area contributed by atoms with Gasteiger partial charge in [-0.1, -0.05) is 12.8 Å². The smallest absolute Gasteiger partial charge is 0.340 e. The molecule has 2 atom stereocenters. The Kier molecular flexibility index (Phi) is 4.91. The molecule has 4 rings (SSSR count). The molecule has 6 heteroatoms. The largest absolute Gasteiger partial charge is 0.497 e. The van der Waals surface area contributed by atoms with Crippen LogP contribution in [0.25, 0.3) is 11.0 Å². The fraction of sp³-hybridized carbons (Fsp3) is 0.545. The number of hydrogen-bond acceptors (Lipinski definition) is 5. The molecular formula is C22H27NO5. The molecule has 6 nitrogen and oxygen atoms in total. The number of methoxy groups -OCH3 is 1. The lowest BCUT2D eigenvalue weighted by atomic mass is 9.71. The van der Waals surface area contributed by atoms with Crippen LogP contribution in [0.1, 0.15) is 43.2 Å². The van der Waals surface area contributed by atoms with Crippen molar-refractivity contribution < 1.29 is 19.1 Å². The quantitative estimate of drug-likeness (QED) is 0.822. The van der Waals surface area contributed by atoms with Crippen LogP contribution >= 0.6 is 0 Å². The highest BCUT2D eigenvalue weighted by Crippen LogP contribution is 2.39. The molecule has 150 valence electrons. The summed E-state index contributed by atoms with van der Waals surface area (Å²) in [5, 5.41) is 11.6. The maximum Gasteiger partial charge on any atom is 0.340 e. The highest BCUT2D eigenvalue weighted by molar-refractivity contribution is 5.85. The molecule has 1 aromatic carbocycles. The predicted octanol–water partition coefficient (Wildman–Crippen LogP) is 2.81. The topological polar surface area (TPSA) is 80.0 Å². The summed E-state index contributed by atoms with van der Waals surface area (Å²) >= 11 is 0. The summed E-state index contributed by atoms with van der Waals surface area (Å²) in [5.74, 6) is 0.684. The molecule has 0 radical (unpaired) electrons. The van der Waals surface area contributed by atoms with E-state index < -0.39 is 11.2 Å². The number of carbonyl (C=O) groups is 1. The second-order valence-corrected chi connectivity index (χ2v) is 8.17. The molecule has 2 aliphatic rings. The molecule has 1 saturated carbocycles. The molecule has 0 bridgehead atoms. The summed E-state index contributed by atoms with van der Waals surface area (Å²) in [4.78, 5) is 27.3. The van der Waals surface area contributed by atoms with Gasteiger partial charge < -0.3 is 19.2 Å². The van der Waals surface area contributed by atoms with Crippen molar-refractivity contribution in [3.05, 3.63) is 39.7 Å². The molecule has 1 saturated heterocycles. The first-order chi connectivity index (χ1) is 13.4. The van der Waals surface area contributed by atoms with Gasteiger partial charge in [-0.05, 0) is 43.9 Å². The summed E-state index contributed by atoms with van der Waals surface area (Å²) in [7, 11) is 1.56. The summed E-state index contributed by atoms with van der Waals surface area (Å²) in [6.45, 7) is 2.97. The van der Waals surface area contributed by atoms with E-state index in [0.717, 1.165) is 36.6 Å². The SMILES string of the molecule is COc1ccc2c(C)c(CC(=O)N3CC[C@@]4(O)CCCC[C@@H]4C3)c(=O)oc2c1. The van der Waals surface area contributed by atoms with Crippen LogP contribution in [0.5, 0.6) is 5.75 Å². The van der Waals surface area contributed by atoms with E-state index in [0.29, 0.717) is 36.4 Å². The lowest BCUT2D eigenvalue weighted by molar-refractivity contribution is -0.142. The normalized spacial score (nSPS) is 24.8. The molecule has 0 unspecified atom stereocenters. The Morgan fingerprint density at radius 2 is 2.18 bits per heavy atom. The van der Waals surface area contributed by atoms with Gasteiger partial charge in [0.25, 0.3) is 0 Å². The van der Waals surface area contributed by atoms with Gasteiger partial charge in [-0.25, -0.2) is 4.79 Å². The fourth-order valence-corrected chi connectivity index (χ4v) is 4.77. The van der Waals surface area contributed by atoms with Gasteiger partial charge in [0, 0.05) is 30.5 Å². The summed E-state index contributed by atoms with van der Waals surface area (Å²) < 4.78 is 10.6. The van der Waals surface area contributed by atoms with Gasteiger partial charge in [0.15, 0.2) is 0 Å². The van der Waals surface area contributed by atoms with Crippen molar-refractivity contribution in [1.82, 2.24) is 4.90 Å². The van der Waals surface area contributed by atoms with Crippen molar-refractivity contribution in [2.75, 3.05) is 20.2 Å². The first kappa shape index (κ1) is 19.0. The molecule has 1 aliphatic heterocycles. The number of piperidine rings is 1. The van der Waals surface area contributed by atoms with Gasteiger partial charge >= 0.3 is 5.63 Å². The second-order valence-electron chi connectivity index (χ2n) is 8.17. The average Bonchev–Trinajstić information content (AvgIpc) is 2.69. The Hall–Kier alpha value is -2.34. The molecule has 2 heterocycles. The molecule has 0 spiro atoms. The number of nitrogens with zero attached hydrogens (tertiary/aromatic N) is 1. The van der Waals surface area contributed by atoms with E-state index in [1.807, 2.05) is 24.0 Å². The van der Waals surface area contributed by atoms with Crippen molar-refractivity contribution in [1.29, 1.82) is 0 Å². The van der Waals surface area contributed by atoms with E-state index in [2.05, 4.69) is 0 Å². The van der Waals surface area contributed by atoms with Gasteiger partial charge in [-0.15, -0.1) is 0 Å². The van der Waals surface area contributed by atoms with Gasteiger partial charge in [0.05, 0.1) is 24.7 Å². The summed E-state index contributed by atoms with van der Waals surface area (Å²) in [5.41, 5.74) is 0.549. The number of carbonyl (C=O) groups excluding carboxylic acids is 1. The number of aryl methyl sites for hydroxylation is 1. The first-order valence-electron chi connectivity index (χ1n) is 10.0. The van der Waals surface area contributed by atoms with Crippen LogP contribution in [0.4, 0.5) is 0 Å². The minimum atomic E-state index is -0.619. The van der Waals surface area contributed by atoms with E-state index in [4.69, 9.17) is 9.15 Å². The third kappa shape index (κ3) is 3.30. The number of amides is 1. The number of aliphatic hydroxyl groups is 1. The van der Waals surface area contributed by atoms with Crippen molar-refractivity contribution in [2.45, 2.75) is 51.0 Å². The van der Waals surface area contributed by atoms with Crippen LogP contribution in [0, 0.1) is 12.8 Å². The third-order valence-electron chi connectivity index (χ3n) is 6.60. The van der Waals surface area contributed by atoms with Crippen molar-refractivity contribution in [3.8, 4) is 5.75 Å². The zero-order chi connectivity index (χ0) is 19.9. The minimum Gasteiger partial charge on any atom is -0.497 e. The van der Waals surface area contributed by atoms with Crippen LogP contribution in [0.2, 0.25) is 0 Å². The first-order valence-corrected chi connectivity index (χ1v) is 10.0. The van der Waals surface area contributed by atoms with Crippen molar-refractivity contribution >= 4 is 16.9 Å². The van der Waals surface area contributed by atoms with E-state index in [1.54, 1.807) is 13.2 Å². The summed E-state index contributed by atoms with van der Waals surface area (Å²) in [6.07, 6.45) is 4.60. The highest BCUT2D eigenvalue weighted by Gasteiger charge is 2.43. The summed E-state index contributed by atoms with van der Waals surface area (Å²) in [6, 6.07) is 5.35. The second kappa shape index (κ2) is 7.24. The average molecular weight is 385 g/mol. The lowest BCUT2D eigenvalue weighted by Crippen LogP contribution is -2.55. The Labute approximate surface area is 164 Å². The van der Waals surface area contributed by atoms with Gasteiger partial charge in [0.1, 0.15) is 11.3 Å². The number of rotatable bonds is 3. The van der Waals surface area contributed by atoms with Crippen molar-refractivity contribution in [3.63, 3.8) is 0 Å². The van der Waals surface area contributed by atoms with E-state index >= 15 is 0 Å². The number of benzene rings is 1. The fourth-order valence-electron chi connectivity index (χ4n) is 4.77. The Balaban J connectivity index is 1.56. The zero-order valence-corrected chi connectivity index (χ0v) is 16.5. The Morgan fingerprint density at radius 1 is 1.36 bits per heavy atom. The highest BCUT2D eigenvalue weighted by atomic mass is 16.5. The third-order valence-corrected chi connectivity index (χ3v) is 6.60. The number of ether oxygens (including phenoxy) is 1. The molecule has 1 amide bonds. The maximum atomic E-state index is 12.9. The molecule has 28 heavy (non-hydrogen) atoms. The Bertz CT molecular complexity index is 965. The maximum absolute atomic E-state index is 12.9. The molecule has 1 aromatic heterocycles. The van der Waals surface area contributed by atoms with E-state index in [1.165, 1.54) is 0 Å². The van der Waals surface area contributed by atoms with Crippen LogP contribution in [-0.4, -0.2) is 41.7 Å². The van der Waals surface area contributed by atoms with E-state index in [9.17, 15) is 14.7 Å². The van der Waals surface area contributed by atoms with E-state index in [-0.39, 0.29) is 18.2 Å². The monoisotopic (exact) mass is 385 g/mol. The molecule has 2 aromatic rings. The van der Waals surface area contributed by atoms with Crippen molar-refractivity contribution in [2.24, 2.45) is 5.92 Å². The number of hydrogen-bond donors (Lipinski definition) is 1. The molecule has 1 N–H and O–H groups in total. The minimum absolute atomic E-state index is 0.0291. The van der Waals surface area contributed by atoms with Gasteiger partial charge in [-0.3, -0.25) is 4.79 Å². The molecular weight excluding hydrogens is 358 g/mol. The predicted molar refractivity (Wildman–Crippen MR) is 106 cm³/mol. The molecule has 1 aliphatic carbocycles. The number of fused-ring (bicyclic) bond motifs is 2. The van der Waals surface area contributed by atoms with Crippen LogP contribution < -0.4 is 10.4 Å². The standard InChI is InChI=1S/C22H27NO5/c1-14-17-7-6-16(27-2)11-19(17)28-21(25)18(14)12-20(24)23-10-9-22(26)8-4-3-5-15(22)13-23/h6-7,11,15,26H,3-5,8-10,12-13H2,1-2H3/t15-,22+/m1/s1. The van der Waals surface area contributed by atoms with Gasteiger partial charge in [-0.2, -0.15) is 0 Å². The Morgan fingerprint density at radius 3 is 2.96 bits per heavy atom. The molecule has 2 fully saturated rings. The lowest BCUT2D eigenvalue weighted by Gasteiger charge is -2.47. The number of likely N-dealkylation sites (tertiary alicyclic amines) is 1. The zero-order valence-electron chi connectivity index (χ0n) is 16.5. The van der Waals surface area contributed by atoms with Crippen LogP contribution in [0.3, 0.4) is 0 Å².